The Morgan fingerprint density at radius 3 is 2.71 bits per heavy atom. The standard InChI is InChI=1S/C23H32N4O4/c1-15-18(16(2)31-25-15)14-30-20-13-21(28)27-10-6-4-5-7-19(27)22(20)23(29)24-17-8-11-26(3)12-9-17/h13,17H,4-12,14H2,1-3H3,(H,24,29). The minimum Gasteiger partial charge on any atom is -0.488 e. The number of hydrogen-bond acceptors (Lipinski definition) is 6. The fourth-order valence-corrected chi connectivity index (χ4v) is 4.54. The number of aryl methyl sites for hydroxylation is 2. The summed E-state index contributed by atoms with van der Waals surface area (Å²) in [5.41, 5.74) is 2.79. The maximum atomic E-state index is 13.5. The summed E-state index contributed by atoms with van der Waals surface area (Å²) in [6.45, 7) is 6.47. The summed E-state index contributed by atoms with van der Waals surface area (Å²) in [5, 5.41) is 7.18. The molecule has 0 radical (unpaired) electrons. The van der Waals surface area contributed by atoms with Gasteiger partial charge in [-0.15, -0.1) is 0 Å². The van der Waals surface area contributed by atoms with Crippen LogP contribution in [0.25, 0.3) is 0 Å². The van der Waals surface area contributed by atoms with E-state index in [-0.39, 0.29) is 24.1 Å². The van der Waals surface area contributed by atoms with Crippen LogP contribution in [0.1, 0.15) is 65.2 Å². The molecule has 1 amide bonds. The first-order chi connectivity index (χ1) is 14.9. The van der Waals surface area contributed by atoms with Gasteiger partial charge in [0.15, 0.2) is 0 Å². The summed E-state index contributed by atoms with van der Waals surface area (Å²) in [5.74, 6) is 0.888. The second kappa shape index (κ2) is 9.26. The molecule has 0 atom stereocenters. The van der Waals surface area contributed by atoms with E-state index in [1.54, 1.807) is 4.57 Å². The van der Waals surface area contributed by atoms with Crippen molar-refractivity contribution in [2.45, 2.75) is 71.6 Å². The summed E-state index contributed by atoms with van der Waals surface area (Å²) < 4.78 is 13.1. The molecule has 0 bridgehead atoms. The number of nitrogens with zero attached hydrogens (tertiary/aromatic N) is 3. The van der Waals surface area contributed by atoms with Crippen LogP contribution in [0.5, 0.6) is 5.75 Å². The van der Waals surface area contributed by atoms with Gasteiger partial charge < -0.3 is 24.0 Å². The molecule has 1 N–H and O–H groups in total. The minimum absolute atomic E-state index is 0.110. The Morgan fingerprint density at radius 2 is 2.00 bits per heavy atom. The number of pyridine rings is 1. The molecule has 2 aromatic heterocycles. The van der Waals surface area contributed by atoms with Gasteiger partial charge in [0, 0.05) is 24.3 Å². The van der Waals surface area contributed by atoms with Crippen LogP contribution in [0.4, 0.5) is 0 Å². The third-order valence-electron chi connectivity index (χ3n) is 6.51. The molecular formula is C23H32N4O4. The van der Waals surface area contributed by atoms with Crippen molar-refractivity contribution in [3.63, 3.8) is 0 Å². The van der Waals surface area contributed by atoms with Gasteiger partial charge in [0.2, 0.25) is 0 Å². The molecule has 168 valence electrons. The molecular weight excluding hydrogens is 396 g/mol. The van der Waals surface area contributed by atoms with Gasteiger partial charge in [-0.1, -0.05) is 11.6 Å². The SMILES string of the molecule is Cc1noc(C)c1COc1cc(=O)n2c(c1C(=O)NC1CCN(C)CC1)CCCCC2. The predicted molar refractivity (Wildman–Crippen MR) is 117 cm³/mol. The Balaban J connectivity index is 1.66. The fraction of sp³-hybridized carbons (Fsp3) is 0.609. The maximum absolute atomic E-state index is 13.5. The van der Waals surface area contributed by atoms with E-state index in [1.807, 2.05) is 13.8 Å². The summed E-state index contributed by atoms with van der Waals surface area (Å²) in [4.78, 5) is 28.6. The van der Waals surface area contributed by atoms with E-state index in [2.05, 4.69) is 22.4 Å². The van der Waals surface area contributed by atoms with Crippen molar-refractivity contribution in [1.82, 2.24) is 19.9 Å². The third kappa shape index (κ3) is 4.69. The van der Waals surface area contributed by atoms with Crippen LogP contribution >= 0.6 is 0 Å². The number of fused-ring (bicyclic) bond motifs is 1. The first-order valence-corrected chi connectivity index (χ1v) is 11.2. The minimum atomic E-state index is -0.144. The number of rotatable bonds is 5. The van der Waals surface area contributed by atoms with Crippen molar-refractivity contribution in [3.05, 3.63) is 44.7 Å². The van der Waals surface area contributed by atoms with Crippen molar-refractivity contribution < 1.29 is 14.1 Å². The van der Waals surface area contributed by atoms with Crippen LogP contribution < -0.4 is 15.6 Å². The fourth-order valence-electron chi connectivity index (χ4n) is 4.54. The zero-order valence-electron chi connectivity index (χ0n) is 18.7. The van der Waals surface area contributed by atoms with Crippen molar-refractivity contribution in [3.8, 4) is 5.75 Å². The number of amides is 1. The number of carbonyl (C=O) groups is 1. The molecule has 0 spiro atoms. The second-order valence-electron chi connectivity index (χ2n) is 8.77. The molecule has 4 heterocycles. The highest BCUT2D eigenvalue weighted by Gasteiger charge is 2.27. The highest BCUT2D eigenvalue weighted by atomic mass is 16.5. The molecule has 8 heteroatoms. The number of hydrogen-bond donors (Lipinski definition) is 1. The van der Waals surface area contributed by atoms with Crippen molar-refractivity contribution in [2.75, 3.05) is 20.1 Å². The molecule has 2 aliphatic heterocycles. The van der Waals surface area contributed by atoms with Crippen LogP contribution in [0.15, 0.2) is 15.4 Å². The number of ether oxygens (including phenoxy) is 1. The topological polar surface area (TPSA) is 89.6 Å². The highest BCUT2D eigenvalue weighted by molar-refractivity contribution is 5.98. The van der Waals surface area contributed by atoms with Crippen LogP contribution in [0.2, 0.25) is 0 Å². The molecule has 4 rings (SSSR count). The molecule has 0 aromatic carbocycles. The Hall–Kier alpha value is -2.61. The molecule has 2 aliphatic rings. The Morgan fingerprint density at radius 1 is 1.23 bits per heavy atom. The van der Waals surface area contributed by atoms with Gasteiger partial charge in [0.25, 0.3) is 11.5 Å². The van der Waals surface area contributed by atoms with Gasteiger partial charge in [0.1, 0.15) is 23.7 Å². The first-order valence-electron chi connectivity index (χ1n) is 11.2. The Kier molecular flexibility index (Phi) is 6.46. The van der Waals surface area contributed by atoms with Crippen LogP contribution in [0.3, 0.4) is 0 Å². The number of carbonyl (C=O) groups excluding carboxylic acids is 1. The molecule has 0 saturated carbocycles. The van der Waals surface area contributed by atoms with Gasteiger partial charge in [0.05, 0.1) is 11.3 Å². The quantitative estimate of drug-likeness (QED) is 0.787. The normalized spacial score (nSPS) is 17.8. The lowest BCUT2D eigenvalue weighted by Gasteiger charge is -2.30. The van der Waals surface area contributed by atoms with Gasteiger partial charge in [-0.2, -0.15) is 0 Å². The molecule has 1 saturated heterocycles. The van der Waals surface area contributed by atoms with E-state index < -0.39 is 0 Å². The van der Waals surface area contributed by atoms with E-state index in [1.165, 1.54) is 6.07 Å². The van der Waals surface area contributed by atoms with Gasteiger partial charge in [-0.3, -0.25) is 9.59 Å². The van der Waals surface area contributed by atoms with E-state index in [0.717, 1.165) is 62.1 Å². The van der Waals surface area contributed by atoms with Crippen molar-refractivity contribution >= 4 is 5.91 Å². The smallest absolute Gasteiger partial charge is 0.257 e. The lowest BCUT2D eigenvalue weighted by atomic mass is 10.0. The number of piperidine rings is 1. The van der Waals surface area contributed by atoms with Gasteiger partial charge in [-0.05, 0) is 66.1 Å². The molecule has 1 fully saturated rings. The third-order valence-corrected chi connectivity index (χ3v) is 6.51. The number of aromatic nitrogens is 2. The Bertz CT molecular complexity index is 982. The number of likely N-dealkylation sites (tertiary alicyclic amines) is 1. The monoisotopic (exact) mass is 428 g/mol. The summed E-state index contributed by atoms with van der Waals surface area (Å²) in [7, 11) is 2.10. The molecule has 31 heavy (non-hydrogen) atoms. The maximum Gasteiger partial charge on any atom is 0.257 e. The van der Waals surface area contributed by atoms with Gasteiger partial charge in [-0.25, -0.2) is 0 Å². The largest absolute Gasteiger partial charge is 0.488 e. The van der Waals surface area contributed by atoms with E-state index in [4.69, 9.17) is 9.26 Å². The van der Waals surface area contributed by atoms with Crippen LogP contribution in [-0.2, 0) is 19.6 Å². The van der Waals surface area contributed by atoms with Gasteiger partial charge >= 0.3 is 0 Å². The first kappa shape index (κ1) is 21.6. The van der Waals surface area contributed by atoms with E-state index in [0.29, 0.717) is 30.0 Å². The van der Waals surface area contributed by atoms with Crippen molar-refractivity contribution in [1.29, 1.82) is 0 Å². The summed E-state index contributed by atoms with van der Waals surface area (Å²) in [6.07, 6.45) is 5.50. The average Bonchev–Trinajstić information content (AvgIpc) is 2.93. The average molecular weight is 429 g/mol. The molecule has 8 nitrogen and oxygen atoms in total. The lowest BCUT2D eigenvalue weighted by molar-refractivity contribution is 0.0910. The van der Waals surface area contributed by atoms with E-state index >= 15 is 0 Å². The lowest BCUT2D eigenvalue weighted by Crippen LogP contribution is -2.44. The van der Waals surface area contributed by atoms with E-state index in [9.17, 15) is 9.59 Å². The Labute approximate surface area is 182 Å². The highest BCUT2D eigenvalue weighted by Crippen LogP contribution is 2.27. The number of nitrogens with one attached hydrogen (secondary N) is 1. The zero-order chi connectivity index (χ0) is 22.0. The zero-order valence-corrected chi connectivity index (χ0v) is 18.7. The van der Waals surface area contributed by atoms with Crippen LogP contribution in [-0.4, -0.2) is 46.7 Å². The summed E-state index contributed by atoms with van der Waals surface area (Å²) >= 11 is 0. The summed E-state index contributed by atoms with van der Waals surface area (Å²) in [6, 6.07) is 1.61. The molecule has 0 unspecified atom stereocenters. The van der Waals surface area contributed by atoms with Crippen LogP contribution in [0, 0.1) is 13.8 Å². The predicted octanol–water partition coefficient (Wildman–Crippen LogP) is 2.58. The second-order valence-corrected chi connectivity index (χ2v) is 8.77. The van der Waals surface area contributed by atoms with Crippen molar-refractivity contribution in [2.24, 2.45) is 0 Å². The molecule has 0 aliphatic carbocycles. The molecule has 2 aromatic rings.